The molecule has 192 valence electrons. The molecule has 0 aliphatic heterocycles. The third-order valence-corrected chi connectivity index (χ3v) is 7.16. The third kappa shape index (κ3) is 4.68. The second kappa shape index (κ2) is 10.2. The first-order chi connectivity index (χ1) is 18.4. The topological polar surface area (TPSA) is 107 Å². The lowest BCUT2D eigenvalue weighted by Gasteiger charge is -2.16. The van der Waals surface area contributed by atoms with Crippen LogP contribution in [0.4, 0.5) is 0 Å². The third-order valence-electron chi connectivity index (χ3n) is 7.16. The van der Waals surface area contributed by atoms with Crippen LogP contribution in [0.5, 0.6) is 0 Å². The molecular weight excluding hydrogens is 476 g/mol. The lowest BCUT2D eigenvalue weighted by molar-refractivity contribution is -0.146. The van der Waals surface area contributed by atoms with Crippen LogP contribution in [-0.2, 0) is 28.4 Å². The summed E-state index contributed by atoms with van der Waals surface area (Å²) < 4.78 is 7.13. The Kier molecular flexibility index (Phi) is 6.77. The van der Waals surface area contributed by atoms with Crippen molar-refractivity contribution in [3.8, 4) is 28.5 Å². The number of aryl methyl sites for hydroxylation is 1. The maximum absolute atomic E-state index is 12.5. The summed E-state index contributed by atoms with van der Waals surface area (Å²) in [5, 5.41) is 14.4. The maximum Gasteiger partial charge on any atom is 0.316 e. The van der Waals surface area contributed by atoms with E-state index in [1.807, 2.05) is 54.5 Å². The van der Waals surface area contributed by atoms with Crippen molar-refractivity contribution < 1.29 is 9.53 Å². The van der Waals surface area contributed by atoms with Crippen LogP contribution in [0.15, 0.2) is 55.1 Å². The highest BCUT2D eigenvalue weighted by atomic mass is 16.5. The summed E-state index contributed by atoms with van der Waals surface area (Å²) in [6.07, 6.45) is 9.27. The van der Waals surface area contributed by atoms with E-state index in [2.05, 4.69) is 30.0 Å². The number of nitrogens with zero attached hydrogens (tertiary/aromatic N) is 6. The Hall–Kier alpha value is -4.38. The van der Waals surface area contributed by atoms with E-state index in [0.29, 0.717) is 24.5 Å². The molecule has 1 aliphatic rings. The number of nitriles is 1. The first kappa shape index (κ1) is 25.3. The minimum absolute atomic E-state index is 0.211. The largest absolute Gasteiger partial charge is 0.465 e. The summed E-state index contributed by atoms with van der Waals surface area (Å²) in [4.78, 5) is 26.4. The van der Waals surface area contributed by atoms with Gasteiger partial charge in [0, 0.05) is 48.7 Å². The average Bonchev–Trinajstić information content (AvgIpc) is 3.68. The summed E-state index contributed by atoms with van der Waals surface area (Å²) in [6.45, 7) is 6.36. The van der Waals surface area contributed by atoms with Crippen LogP contribution in [0.3, 0.4) is 0 Å². The van der Waals surface area contributed by atoms with E-state index < -0.39 is 5.41 Å². The number of rotatable bonds is 8. The number of esters is 1. The number of pyridine rings is 1. The molecule has 3 heterocycles. The lowest BCUT2D eigenvalue weighted by atomic mass is 9.91. The smallest absolute Gasteiger partial charge is 0.316 e. The molecule has 3 aromatic heterocycles. The molecule has 1 aliphatic carbocycles. The Morgan fingerprint density at radius 3 is 2.61 bits per heavy atom. The van der Waals surface area contributed by atoms with Gasteiger partial charge in [0.25, 0.3) is 0 Å². The predicted octanol–water partition coefficient (Wildman–Crippen LogP) is 5.12. The zero-order valence-corrected chi connectivity index (χ0v) is 22.1. The molecule has 0 spiro atoms. The van der Waals surface area contributed by atoms with Crippen molar-refractivity contribution in [2.75, 3.05) is 6.61 Å². The average molecular weight is 507 g/mol. The van der Waals surface area contributed by atoms with Crippen molar-refractivity contribution in [2.24, 2.45) is 7.05 Å². The fourth-order valence-corrected chi connectivity index (χ4v) is 4.75. The summed E-state index contributed by atoms with van der Waals surface area (Å²) in [5.41, 5.74) is 6.91. The van der Waals surface area contributed by atoms with E-state index in [1.165, 1.54) is 0 Å². The lowest BCUT2D eigenvalue weighted by Crippen LogP contribution is -2.23. The standard InChI is InChI=1S/C30H30N6O2/c1-5-38-29(37)30(10-11-30)22-7-8-24(21(12-22)14-31)20-6-9-26(33-15-20)25-17-34-36(4)28(25)13-23-16-32-18-27(35-23)19(2)3/h6-9,12,15-19H,5,10-11,13H2,1-4H3. The zero-order chi connectivity index (χ0) is 26.9. The molecule has 0 amide bonds. The highest BCUT2D eigenvalue weighted by molar-refractivity contribution is 5.87. The van der Waals surface area contributed by atoms with E-state index in [1.54, 1.807) is 19.3 Å². The predicted molar refractivity (Wildman–Crippen MR) is 143 cm³/mol. The van der Waals surface area contributed by atoms with Crippen LogP contribution in [-0.4, -0.2) is 37.3 Å². The van der Waals surface area contributed by atoms with Gasteiger partial charge in [-0.1, -0.05) is 32.0 Å². The van der Waals surface area contributed by atoms with E-state index in [0.717, 1.165) is 57.9 Å². The molecule has 0 atom stereocenters. The van der Waals surface area contributed by atoms with Crippen LogP contribution in [0.2, 0.25) is 0 Å². The molecule has 38 heavy (non-hydrogen) atoms. The van der Waals surface area contributed by atoms with Crippen LogP contribution in [0.25, 0.3) is 22.4 Å². The normalized spacial score (nSPS) is 13.8. The van der Waals surface area contributed by atoms with Gasteiger partial charge in [-0.3, -0.25) is 24.4 Å². The molecule has 4 aromatic rings. The van der Waals surface area contributed by atoms with Crippen molar-refractivity contribution in [3.63, 3.8) is 0 Å². The monoisotopic (exact) mass is 506 g/mol. The Balaban J connectivity index is 1.42. The Labute approximate surface area is 222 Å². The Bertz CT molecular complexity index is 1530. The molecule has 1 saturated carbocycles. The molecular formula is C30H30N6O2. The van der Waals surface area contributed by atoms with E-state index in [-0.39, 0.29) is 5.97 Å². The Morgan fingerprint density at radius 2 is 1.95 bits per heavy atom. The number of benzene rings is 1. The fourth-order valence-electron chi connectivity index (χ4n) is 4.75. The SMILES string of the molecule is CCOC(=O)C1(c2ccc(-c3ccc(-c4cnn(C)c4Cc4cncc(C(C)C)n4)nc3)c(C#N)c2)CC1. The van der Waals surface area contributed by atoms with Crippen molar-refractivity contribution in [2.45, 2.75) is 51.4 Å². The van der Waals surface area contributed by atoms with E-state index >= 15 is 0 Å². The van der Waals surface area contributed by atoms with Gasteiger partial charge in [-0.05, 0) is 43.4 Å². The number of hydrogen-bond donors (Lipinski definition) is 0. The molecule has 0 bridgehead atoms. The van der Waals surface area contributed by atoms with E-state index in [4.69, 9.17) is 14.7 Å². The molecule has 8 nitrogen and oxygen atoms in total. The highest BCUT2D eigenvalue weighted by Crippen LogP contribution is 2.50. The van der Waals surface area contributed by atoms with Gasteiger partial charge in [0.2, 0.25) is 0 Å². The molecule has 0 saturated heterocycles. The number of ether oxygens (including phenoxy) is 1. The number of carbonyl (C=O) groups excluding carboxylic acids is 1. The van der Waals surface area contributed by atoms with Crippen LogP contribution < -0.4 is 0 Å². The zero-order valence-electron chi connectivity index (χ0n) is 22.1. The van der Waals surface area contributed by atoms with Crippen molar-refractivity contribution >= 4 is 5.97 Å². The van der Waals surface area contributed by atoms with Crippen LogP contribution in [0.1, 0.15) is 67.7 Å². The molecule has 1 fully saturated rings. The first-order valence-electron chi connectivity index (χ1n) is 12.9. The molecule has 1 aromatic carbocycles. The number of carbonyl (C=O) groups is 1. The summed E-state index contributed by atoms with van der Waals surface area (Å²) >= 11 is 0. The van der Waals surface area contributed by atoms with Gasteiger partial charge in [-0.15, -0.1) is 0 Å². The summed E-state index contributed by atoms with van der Waals surface area (Å²) in [7, 11) is 1.91. The summed E-state index contributed by atoms with van der Waals surface area (Å²) in [6, 6.07) is 11.9. The quantitative estimate of drug-likeness (QED) is 0.305. The minimum Gasteiger partial charge on any atom is -0.465 e. The van der Waals surface area contributed by atoms with Crippen LogP contribution >= 0.6 is 0 Å². The minimum atomic E-state index is -0.613. The highest BCUT2D eigenvalue weighted by Gasteiger charge is 2.52. The van der Waals surface area contributed by atoms with E-state index in [9.17, 15) is 10.1 Å². The fraction of sp³-hybridized carbons (Fsp3) is 0.333. The maximum atomic E-state index is 12.5. The Morgan fingerprint density at radius 1 is 1.13 bits per heavy atom. The van der Waals surface area contributed by atoms with Gasteiger partial charge in [-0.2, -0.15) is 10.4 Å². The number of hydrogen-bond acceptors (Lipinski definition) is 7. The van der Waals surface area contributed by atoms with Gasteiger partial charge in [-0.25, -0.2) is 0 Å². The van der Waals surface area contributed by atoms with Crippen molar-refractivity contribution in [1.82, 2.24) is 24.7 Å². The van der Waals surface area contributed by atoms with Crippen LogP contribution in [0, 0.1) is 11.3 Å². The second-order valence-electron chi connectivity index (χ2n) is 10.0. The summed E-state index contributed by atoms with van der Waals surface area (Å²) in [5.74, 6) is 0.0897. The molecule has 0 unspecified atom stereocenters. The van der Waals surface area contributed by atoms with Gasteiger partial charge < -0.3 is 4.74 Å². The number of aromatic nitrogens is 5. The second-order valence-corrected chi connectivity index (χ2v) is 10.0. The first-order valence-corrected chi connectivity index (χ1v) is 12.9. The van der Waals surface area contributed by atoms with Gasteiger partial charge in [0.15, 0.2) is 0 Å². The van der Waals surface area contributed by atoms with Gasteiger partial charge >= 0.3 is 5.97 Å². The van der Waals surface area contributed by atoms with Crippen molar-refractivity contribution in [3.05, 3.63) is 83.3 Å². The molecule has 8 heteroatoms. The molecule has 0 N–H and O–H groups in total. The van der Waals surface area contributed by atoms with Gasteiger partial charge in [0.1, 0.15) is 0 Å². The molecule has 0 radical (unpaired) electrons. The molecule has 5 rings (SSSR count). The van der Waals surface area contributed by atoms with Gasteiger partial charge in [0.05, 0.1) is 52.6 Å². The van der Waals surface area contributed by atoms with Crippen molar-refractivity contribution in [1.29, 1.82) is 5.26 Å².